The summed E-state index contributed by atoms with van der Waals surface area (Å²) < 4.78 is 21.1. The molecule has 4 heterocycles. The lowest BCUT2D eigenvalue weighted by Gasteiger charge is -2.53. The maximum atomic E-state index is 6.87. The van der Waals surface area contributed by atoms with Crippen molar-refractivity contribution in [2.45, 2.75) is 43.9 Å². The fraction of sp³-hybridized carbons (Fsp3) is 0.500. The highest BCUT2D eigenvalue weighted by atomic mass is 16.5. The molecular formula is C26H31N3O3. The van der Waals surface area contributed by atoms with E-state index in [1.54, 1.807) is 7.11 Å². The SMILES string of the molecule is COc1cccc2c1OC1(CCN(Cc3nc4ccccc4n3C)CC1)[C@H]1CCCO[C@H]21. The van der Waals surface area contributed by atoms with Crippen LogP contribution >= 0.6 is 0 Å². The number of likely N-dealkylation sites (tertiary alicyclic amines) is 1. The van der Waals surface area contributed by atoms with E-state index in [0.717, 1.165) is 80.3 Å². The molecule has 2 saturated heterocycles. The summed E-state index contributed by atoms with van der Waals surface area (Å²) in [4.78, 5) is 7.40. The Bertz CT molecular complexity index is 1130. The highest BCUT2D eigenvalue weighted by molar-refractivity contribution is 5.75. The van der Waals surface area contributed by atoms with Gasteiger partial charge >= 0.3 is 0 Å². The molecule has 1 spiro atoms. The van der Waals surface area contributed by atoms with Crippen LogP contribution in [-0.2, 0) is 18.3 Å². The molecule has 6 nitrogen and oxygen atoms in total. The zero-order chi connectivity index (χ0) is 21.7. The van der Waals surface area contributed by atoms with Crippen molar-refractivity contribution in [2.75, 3.05) is 26.8 Å². The number of methoxy groups -OCH3 is 1. The van der Waals surface area contributed by atoms with E-state index in [1.165, 1.54) is 5.52 Å². The van der Waals surface area contributed by atoms with E-state index in [0.29, 0.717) is 5.92 Å². The molecule has 0 saturated carbocycles. The number of aryl methyl sites for hydroxylation is 1. The summed E-state index contributed by atoms with van der Waals surface area (Å²) in [5.74, 6) is 3.23. The minimum absolute atomic E-state index is 0.106. The maximum absolute atomic E-state index is 6.87. The van der Waals surface area contributed by atoms with E-state index < -0.39 is 0 Å². The van der Waals surface area contributed by atoms with Gasteiger partial charge in [0.2, 0.25) is 0 Å². The Balaban J connectivity index is 1.25. The quantitative estimate of drug-likeness (QED) is 0.610. The van der Waals surface area contributed by atoms with E-state index in [1.807, 2.05) is 12.1 Å². The first kappa shape index (κ1) is 20.1. The van der Waals surface area contributed by atoms with E-state index in [2.05, 4.69) is 46.8 Å². The van der Waals surface area contributed by atoms with Gasteiger partial charge < -0.3 is 18.8 Å². The topological polar surface area (TPSA) is 48.8 Å². The number of imidazole rings is 1. The highest BCUT2D eigenvalue weighted by Crippen LogP contribution is 2.55. The van der Waals surface area contributed by atoms with Gasteiger partial charge in [-0.15, -0.1) is 0 Å². The van der Waals surface area contributed by atoms with Crippen LogP contribution in [0.25, 0.3) is 11.0 Å². The number of fused-ring (bicyclic) bond motifs is 5. The molecule has 0 N–H and O–H groups in total. The van der Waals surface area contributed by atoms with Gasteiger partial charge in [-0.1, -0.05) is 24.3 Å². The molecule has 6 heteroatoms. The number of ether oxygens (including phenoxy) is 3. The second-order valence-corrected chi connectivity index (χ2v) is 9.44. The Hall–Kier alpha value is -2.57. The van der Waals surface area contributed by atoms with Crippen molar-refractivity contribution >= 4 is 11.0 Å². The number of aromatic nitrogens is 2. The zero-order valence-electron chi connectivity index (χ0n) is 18.9. The third kappa shape index (κ3) is 3.11. The summed E-state index contributed by atoms with van der Waals surface area (Å²) in [5.41, 5.74) is 3.23. The summed E-state index contributed by atoms with van der Waals surface area (Å²) in [6.07, 6.45) is 4.37. The van der Waals surface area contributed by atoms with Crippen LogP contribution in [0.4, 0.5) is 0 Å². The van der Waals surface area contributed by atoms with E-state index in [9.17, 15) is 0 Å². The molecule has 168 valence electrons. The van der Waals surface area contributed by atoms with Gasteiger partial charge in [-0.3, -0.25) is 4.90 Å². The molecule has 3 aliphatic rings. The van der Waals surface area contributed by atoms with Crippen molar-refractivity contribution < 1.29 is 14.2 Å². The van der Waals surface area contributed by atoms with Crippen LogP contribution < -0.4 is 9.47 Å². The highest BCUT2D eigenvalue weighted by Gasteiger charge is 2.53. The summed E-state index contributed by atoms with van der Waals surface area (Å²) in [5, 5.41) is 0. The zero-order valence-corrected chi connectivity index (χ0v) is 18.9. The minimum atomic E-state index is -0.185. The molecule has 2 aromatic carbocycles. The average Bonchev–Trinajstić information content (AvgIpc) is 3.16. The predicted molar refractivity (Wildman–Crippen MR) is 123 cm³/mol. The molecule has 0 unspecified atom stereocenters. The molecule has 0 amide bonds. The molecule has 3 aliphatic heterocycles. The Morgan fingerprint density at radius 3 is 2.78 bits per heavy atom. The van der Waals surface area contributed by atoms with Gasteiger partial charge in [0.1, 0.15) is 11.4 Å². The lowest BCUT2D eigenvalue weighted by Crippen LogP contribution is -2.57. The van der Waals surface area contributed by atoms with Crippen molar-refractivity contribution in [1.82, 2.24) is 14.5 Å². The number of hydrogen-bond donors (Lipinski definition) is 0. The van der Waals surface area contributed by atoms with Crippen molar-refractivity contribution in [3.8, 4) is 11.5 Å². The predicted octanol–water partition coefficient (Wildman–Crippen LogP) is 4.48. The van der Waals surface area contributed by atoms with E-state index in [4.69, 9.17) is 19.2 Å². The summed E-state index contributed by atoms with van der Waals surface area (Å²) in [7, 11) is 3.84. The lowest BCUT2D eigenvalue weighted by molar-refractivity contribution is -0.150. The Kier molecular flexibility index (Phi) is 4.88. The molecule has 0 bridgehead atoms. The largest absolute Gasteiger partial charge is 0.493 e. The van der Waals surface area contributed by atoms with E-state index >= 15 is 0 Å². The van der Waals surface area contributed by atoms with Crippen LogP contribution in [0.3, 0.4) is 0 Å². The summed E-state index contributed by atoms with van der Waals surface area (Å²) in [6.45, 7) is 3.69. The van der Waals surface area contributed by atoms with Crippen LogP contribution in [0.2, 0.25) is 0 Å². The number of benzene rings is 2. The molecule has 6 rings (SSSR count). The van der Waals surface area contributed by atoms with Gasteiger partial charge in [-0.2, -0.15) is 0 Å². The number of piperidine rings is 1. The molecule has 32 heavy (non-hydrogen) atoms. The minimum Gasteiger partial charge on any atom is -0.493 e. The molecular weight excluding hydrogens is 402 g/mol. The second-order valence-electron chi connectivity index (χ2n) is 9.44. The van der Waals surface area contributed by atoms with E-state index in [-0.39, 0.29) is 11.7 Å². The second kappa shape index (κ2) is 7.78. The third-order valence-corrected chi connectivity index (χ3v) is 7.79. The van der Waals surface area contributed by atoms with Crippen LogP contribution in [0, 0.1) is 5.92 Å². The fourth-order valence-electron chi connectivity index (χ4n) is 6.03. The van der Waals surface area contributed by atoms with Crippen LogP contribution in [0.15, 0.2) is 42.5 Å². The van der Waals surface area contributed by atoms with Gasteiger partial charge in [-0.05, 0) is 31.0 Å². The average molecular weight is 434 g/mol. The van der Waals surface area contributed by atoms with Crippen molar-refractivity contribution in [3.05, 3.63) is 53.9 Å². The number of nitrogens with zero attached hydrogens (tertiary/aromatic N) is 3. The Labute approximate surface area is 189 Å². The van der Waals surface area contributed by atoms with Gasteiger partial charge in [0.15, 0.2) is 11.5 Å². The first-order chi connectivity index (χ1) is 15.7. The third-order valence-electron chi connectivity index (χ3n) is 7.79. The van der Waals surface area contributed by atoms with Crippen LogP contribution in [0.1, 0.15) is 43.2 Å². The lowest BCUT2D eigenvalue weighted by atomic mass is 9.70. The fourth-order valence-corrected chi connectivity index (χ4v) is 6.03. The standard InChI is InChI=1S/C26H31N3O3/c1-28-21-10-4-3-9-20(21)27-23(28)17-29-14-12-26(13-15-29)19-8-6-16-31-24(19)18-7-5-11-22(30-2)25(18)32-26/h3-5,7,9-11,19,24H,6,8,12-17H2,1-2H3/t19-,24+/m0/s1. The summed E-state index contributed by atoms with van der Waals surface area (Å²) >= 11 is 0. The van der Waals surface area contributed by atoms with Crippen molar-refractivity contribution in [3.63, 3.8) is 0 Å². The molecule has 0 radical (unpaired) electrons. The Morgan fingerprint density at radius 1 is 1.12 bits per heavy atom. The molecule has 2 atom stereocenters. The van der Waals surface area contributed by atoms with Crippen LogP contribution in [-0.4, -0.2) is 46.9 Å². The number of hydrogen-bond acceptors (Lipinski definition) is 5. The number of para-hydroxylation sites is 3. The van der Waals surface area contributed by atoms with Crippen LogP contribution in [0.5, 0.6) is 11.5 Å². The maximum Gasteiger partial charge on any atom is 0.167 e. The Morgan fingerprint density at radius 2 is 1.97 bits per heavy atom. The monoisotopic (exact) mass is 433 g/mol. The molecule has 1 aromatic heterocycles. The first-order valence-corrected chi connectivity index (χ1v) is 11.8. The van der Waals surface area contributed by atoms with Gasteiger partial charge in [0.05, 0.1) is 30.8 Å². The number of rotatable bonds is 3. The van der Waals surface area contributed by atoms with Gasteiger partial charge in [0, 0.05) is 51.1 Å². The molecule has 2 fully saturated rings. The van der Waals surface area contributed by atoms with Gasteiger partial charge in [-0.25, -0.2) is 4.98 Å². The molecule has 3 aromatic rings. The van der Waals surface area contributed by atoms with Crippen molar-refractivity contribution in [2.24, 2.45) is 13.0 Å². The first-order valence-electron chi connectivity index (χ1n) is 11.8. The summed E-state index contributed by atoms with van der Waals surface area (Å²) in [6, 6.07) is 14.6. The normalized spacial score (nSPS) is 24.7. The molecule has 0 aliphatic carbocycles. The van der Waals surface area contributed by atoms with Crippen molar-refractivity contribution in [1.29, 1.82) is 0 Å². The van der Waals surface area contributed by atoms with Gasteiger partial charge in [0.25, 0.3) is 0 Å². The smallest absolute Gasteiger partial charge is 0.167 e.